The third-order valence-electron chi connectivity index (χ3n) is 3.90. The maximum absolute atomic E-state index is 11.6. The number of rotatable bonds is 8. The molecule has 0 aliphatic carbocycles. The third-order valence-corrected chi connectivity index (χ3v) is 3.90. The fourth-order valence-electron chi connectivity index (χ4n) is 2.49. The van der Waals surface area contributed by atoms with E-state index in [4.69, 9.17) is 0 Å². The molecule has 0 saturated heterocycles. The van der Waals surface area contributed by atoms with Crippen molar-refractivity contribution in [2.75, 3.05) is 6.54 Å². The molecule has 0 unspecified atom stereocenters. The molecule has 1 amide bonds. The second kappa shape index (κ2) is 8.99. The summed E-state index contributed by atoms with van der Waals surface area (Å²) in [5.41, 5.74) is 3.41. The van der Waals surface area contributed by atoms with Crippen molar-refractivity contribution in [2.45, 2.75) is 39.0 Å². The first-order valence-corrected chi connectivity index (χ1v) is 8.34. The molecular formula is C20H25NO2. The van der Waals surface area contributed by atoms with Gasteiger partial charge in [0.15, 0.2) is 0 Å². The minimum Gasteiger partial charge on any atom is -0.508 e. The van der Waals surface area contributed by atoms with Crippen LogP contribution in [0.15, 0.2) is 48.5 Å². The smallest absolute Gasteiger partial charge is 0.220 e. The van der Waals surface area contributed by atoms with Crippen LogP contribution in [0.25, 0.3) is 11.1 Å². The van der Waals surface area contributed by atoms with E-state index in [-0.39, 0.29) is 11.7 Å². The average molecular weight is 311 g/mol. The molecule has 0 aromatic heterocycles. The zero-order chi connectivity index (χ0) is 16.5. The van der Waals surface area contributed by atoms with Gasteiger partial charge in [0.05, 0.1) is 0 Å². The number of phenolic OH excluding ortho intramolecular Hbond substituents is 1. The number of carbonyl (C=O) groups is 1. The Labute approximate surface area is 138 Å². The van der Waals surface area contributed by atoms with Crippen LogP contribution in [-0.4, -0.2) is 17.6 Å². The van der Waals surface area contributed by atoms with Crippen molar-refractivity contribution in [1.82, 2.24) is 5.32 Å². The van der Waals surface area contributed by atoms with Gasteiger partial charge in [0.1, 0.15) is 5.75 Å². The maximum atomic E-state index is 11.6. The predicted molar refractivity (Wildman–Crippen MR) is 94.4 cm³/mol. The minimum atomic E-state index is 0.152. The van der Waals surface area contributed by atoms with E-state index in [2.05, 4.69) is 36.5 Å². The number of nitrogens with one attached hydrogen (secondary N) is 1. The monoisotopic (exact) mass is 311 g/mol. The lowest BCUT2D eigenvalue weighted by Crippen LogP contribution is -2.25. The standard InChI is InChI=1S/C20H25NO2/c1-2-3-4-5-20(23)21-15-14-16-6-8-17(9-7-16)18-10-12-19(22)13-11-18/h6-13,22H,2-5,14-15H2,1H3,(H,21,23). The molecule has 3 nitrogen and oxygen atoms in total. The number of hydrogen-bond acceptors (Lipinski definition) is 2. The molecule has 2 aromatic carbocycles. The topological polar surface area (TPSA) is 49.3 Å². The summed E-state index contributed by atoms with van der Waals surface area (Å²) in [5, 5.41) is 12.3. The number of carbonyl (C=O) groups excluding carboxylic acids is 1. The number of aromatic hydroxyl groups is 1. The van der Waals surface area contributed by atoms with Crippen LogP contribution in [0, 0.1) is 0 Å². The van der Waals surface area contributed by atoms with E-state index in [1.165, 1.54) is 5.56 Å². The fraction of sp³-hybridized carbons (Fsp3) is 0.350. The first-order valence-electron chi connectivity index (χ1n) is 8.34. The Bertz CT molecular complexity index is 603. The van der Waals surface area contributed by atoms with Gasteiger partial charge in [-0.1, -0.05) is 56.2 Å². The molecule has 0 heterocycles. The van der Waals surface area contributed by atoms with Crippen molar-refractivity contribution in [1.29, 1.82) is 0 Å². The molecule has 2 aromatic rings. The lowest BCUT2D eigenvalue weighted by atomic mass is 10.0. The van der Waals surface area contributed by atoms with E-state index in [0.29, 0.717) is 13.0 Å². The molecule has 0 fully saturated rings. The molecule has 0 bridgehead atoms. The van der Waals surface area contributed by atoms with Crippen LogP contribution in [0.4, 0.5) is 0 Å². The number of amides is 1. The van der Waals surface area contributed by atoms with Gasteiger partial charge in [-0.3, -0.25) is 4.79 Å². The summed E-state index contributed by atoms with van der Waals surface area (Å²) >= 11 is 0. The van der Waals surface area contributed by atoms with Crippen molar-refractivity contribution in [3.8, 4) is 16.9 Å². The molecule has 0 spiro atoms. The summed E-state index contributed by atoms with van der Waals surface area (Å²) < 4.78 is 0. The van der Waals surface area contributed by atoms with Gasteiger partial charge in [0, 0.05) is 13.0 Å². The second-order valence-electron chi connectivity index (χ2n) is 5.80. The molecule has 0 aliphatic heterocycles. The van der Waals surface area contributed by atoms with E-state index >= 15 is 0 Å². The van der Waals surface area contributed by atoms with Crippen molar-refractivity contribution in [3.05, 3.63) is 54.1 Å². The van der Waals surface area contributed by atoms with Crippen molar-refractivity contribution < 1.29 is 9.90 Å². The maximum Gasteiger partial charge on any atom is 0.220 e. The highest BCUT2D eigenvalue weighted by Crippen LogP contribution is 2.22. The summed E-state index contributed by atoms with van der Waals surface area (Å²) in [6, 6.07) is 15.5. The molecule has 2 N–H and O–H groups in total. The van der Waals surface area contributed by atoms with Gasteiger partial charge in [0.2, 0.25) is 5.91 Å². The van der Waals surface area contributed by atoms with Crippen LogP contribution < -0.4 is 5.32 Å². The number of unbranched alkanes of at least 4 members (excludes halogenated alkanes) is 2. The summed E-state index contributed by atoms with van der Waals surface area (Å²) in [6.07, 6.45) is 4.71. The van der Waals surface area contributed by atoms with Gasteiger partial charge in [-0.2, -0.15) is 0 Å². The lowest BCUT2D eigenvalue weighted by molar-refractivity contribution is -0.121. The van der Waals surface area contributed by atoms with E-state index in [0.717, 1.165) is 36.8 Å². The van der Waals surface area contributed by atoms with Crippen molar-refractivity contribution in [3.63, 3.8) is 0 Å². The van der Waals surface area contributed by atoms with E-state index in [9.17, 15) is 9.90 Å². The molecule has 122 valence electrons. The van der Waals surface area contributed by atoms with Crippen LogP contribution in [0.5, 0.6) is 5.75 Å². The molecular weight excluding hydrogens is 286 g/mol. The quantitative estimate of drug-likeness (QED) is 0.714. The van der Waals surface area contributed by atoms with E-state index < -0.39 is 0 Å². The third kappa shape index (κ3) is 5.78. The predicted octanol–water partition coefficient (Wildman–Crippen LogP) is 4.30. The molecule has 23 heavy (non-hydrogen) atoms. The Morgan fingerprint density at radius 2 is 1.57 bits per heavy atom. The summed E-state index contributed by atoms with van der Waals surface area (Å²) in [6.45, 7) is 2.82. The first-order chi connectivity index (χ1) is 11.2. The highest BCUT2D eigenvalue weighted by molar-refractivity contribution is 5.75. The SMILES string of the molecule is CCCCCC(=O)NCCc1ccc(-c2ccc(O)cc2)cc1. The molecule has 0 saturated carbocycles. The van der Waals surface area contributed by atoms with E-state index in [1.54, 1.807) is 12.1 Å². The molecule has 2 rings (SSSR count). The second-order valence-corrected chi connectivity index (χ2v) is 5.80. The Hall–Kier alpha value is -2.29. The van der Waals surface area contributed by atoms with Gasteiger partial charge in [-0.25, -0.2) is 0 Å². The lowest BCUT2D eigenvalue weighted by Gasteiger charge is -2.07. The van der Waals surface area contributed by atoms with Crippen molar-refractivity contribution in [2.24, 2.45) is 0 Å². The fourth-order valence-corrected chi connectivity index (χ4v) is 2.49. The highest BCUT2D eigenvalue weighted by atomic mass is 16.3. The molecule has 0 aliphatic rings. The molecule has 0 atom stereocenters. The number of benzene rings is 2. The minimum absolute atomic E-state index is 0.152. The van der Waals surface area contributed by atoms with Crippen LogP contribution >= 0.6 is 0 Å². The van der Waals surface area contributed by atoms with Gasteiger partial charge < -0.3 is 10.4 Å². The Balaban J connectivity index is 1.79. The largest absolute Gasteiger partial charge is 0.508 e. The average Bonchev–Trinajstić information content (AvgIpc) is 2.57. The van der Waals surface area contributed by atoms with Crippen LogP contribution in [0.3, 0.4) is 0 Å². The Morgan fingerprint density at radius 3 is 2.17 bits per heavy atom. The zero-order valence-electron chi connectivity index (χ0n) is 13.7. The number of phenols is 1. The Kier molecular flexibility index (Phi) is 6.67. The molecule has 3 heteroatoms. The summed E-state index contributed by atoms with van der Waals surface area (Å²) in [5.74, 6) is 0.430. The highest BCUT2D eigenvalue weighted by Gasteiger charge is 2.02. The van der Waals surface area contributed by atoms with Gasteiger partial charge in [-0.05, 0) is 41.7 Å². The van der Waals surface area contributed by atoms with Crippen LogP contribution in [0.2, 0.25) is 0 Å². The normalized spacial score (nSPS) is 10.5. The van der Waals surface area contributed by atoms with E-state index in [1.807, 2.05) is 12.1 Å². The number of hydrogen-bond donors (Lipinski definition) is 2. The van der Waals surface area contributed by atoms with Crippen LogP contribution in [-0.2, 0) is 11.2 Å². The van der Waals surface area contributed by atoms with Crippen molar-refractivity contribution >= 4 is 5.91 Å². The molecule has 0 radical (unpaired) electrons. The van der Waals surface area contributed by atoms with Gasteiger partial charge in [-0.15, -0.1) is 0 Å². The summed E-state index contributed by atoms with van der Waals surface area (Å²) in [7, 11) is 0. The summed E-state index contributed by atoms with van der Waals surface area (Å²) in [4.78, 5) is 11.6. The van der Waals surface area contributed by atoms with Crippen LogP contribution in [0.1, 0.15) is 38.2 Å². The van der Waals surface area contributed by atoms with Gasteiger partial charge in [0.25, 0.3) is 0 Å². The van der Waals surface area contributed by atoms with Gasteiger partial charge >= 0.3 is 0 Å². The zero-order valence-corrected chi connectivity index (χ0v) is 13.7. The first kappa shape index (κ1) is 17.1. The Morgan fingerprint density at radius 1 is 0.957 bits per heavy atom.